The third-order valence-electron chi connectivity index (χ3n) is 5.16. The number of carboxylic acids is 1. The van der Waals surface area contributed by atoms with E-state index in [1.54, 1.807) is 7.11 Å². The molecule has 0 aromatic heterocycles. The average Bonchev–Trinajstić information content (AvgIpc) is 2.91. The molecule has 6 nitrogen and oxygen atoms in total. The minimum Gasteiger partial charge on any atom is -0.480 e. The van der Waals surface area contributed by atoms with Crippen LogP contribution in [0.3, 0.4) is 0 Å². The van der Waals surface area contributed by atoms with Crippen molar-refractivity contribution >= 4 is 12.0 Å². The van der Waals surface area contributed by atoms with Crippen LogP contribution in [0.4, 0.5) is 4.79 Å². The van der Waals surface area contributed by atoms with E-state index in [1.165, 1.54) is 4.90 Å². The van der Waals surface area contributed by atoms with Gasteiger partial charge in [-0.3, -0.25) is 0 Å². The van der Waals surface area contributed by atoms with E-state index >= 15 is 0 Å². The number of hydrogen-bond donors (Lipinski definition) is 2. The highest BCUT2D eigenvalue weighted by Crippen LogP contribution is 2.42. The zero-order chi connectivity index (χ0) is 14.3. The van der Waals surface area contributed by atoms with Crippen molar-refractivity contribution in [1.82, 2.24) is 10.2 Å². The second kappa shape index (κ2) is 5.24. The summed E-state index contributed by atoms with van der Waals surface area (Å²) in [5, 5.41) is 12.4. The van der Waals surface area contributed by atoms with Crippen LogP contribution in [0.25, 0.3) is 0 Å². The molecular formula is C14H22N2O4. The highest BCUT2D eigenvalue weighted by atomic mass is 16.5. The lowest BCUT2D eigenvalue weighted by Crippen LogP contribution is -2.54. The second-order valence-electron chi connectivity index (χ2n) is 6.27. The fraction of sp³-hybridized carbons (Fsp3) is 0.857. The van der Waals surface area contributed by atoms with Gasteiger partial charge in [-0.15, -0.1) is 0 Å². The first-order valence-electron chi connectivity index (χ1n) is 7.43. The summed E-state index contributed by atoms with van der Waals surface area (Å²) in [6.07, 6.45) is 4.94. The van der Waals surface area contributed by atoms with Crippen LogP contribution in [-0.2, 0) is 9.53 Å². The van der Waals surface area contributed by atoms with E-state index in [2.05, 4.69) is 5.32 Å². The van der Waals surface area contributed by atoms with E-state index in [0.29, 0.717) is 12.5 Å². The lowest BCUT2D eigenvalue weighted by atomic mass is 9.89. The minimum absolute atomic E-state index is 0.127. The van der Waals surface area contributed by atoms with Crippen LogP contribution in [0.5, 0.6) is 0 Å². The highest BCUT2D eigenvalue weighted by molar-refractivity contribution is 5.84. The largest absolute Gasteiger partial charge is 0.480 e. The Balaban J connectivity index is 1.61. The van der Waals surface area contributed by atoms with Crippen LogP contribution >= 0.6 is 0 Å². The topological polar surface area (TPSA) is 78.9 Å². The standard InChI is InChI=1S/C14H22N2O4/c1-20-10-5-9(6-10)15-14(19)16-7-8-3-2-4-11(8)12(16)13(17)18/h8-12H,2-7H2,1H3,(H,15,19)(H,17,18). The molecule has 3 rings (SSSR count). The van der Waals surface area contributed by atoms with Crippen molar-refractivity contribution in [1.29, 1.82) is 0 Å². The van der Waals surface area contributed by atoms with Crippen LogP contribution in [-0.4, -0.2) is 53.8 Å². The molecule has 2 N–H and O–H groups in total. The number of rotatable bonds is 3. The van der Waals surface area contributed by atoms with Gasteiger partial charge in [0.2, 0.25) is 0 Å². The van der Waals surface area contributed by atoms with E-state index in [1.807, 2.05) is 0 Å². The zero-order valence-electron chi connectivity index (χ0n) is 11.7. The van der Waals surface area contributed by atoms with Gasteiger partial charge in [-0.25, -0.2) is 9.59 Å². The SMILES string of the molecule is COC1CC(NC(=O)N2CC3CCCC3C2C(=O)O)C1. The van der Waals surface area contributed by atoms with Gasteiger partial charge in [0, 0.05) is 19.7 Å². The molecule has 2 aliphatic carbocycles. The molecule has 2 amide bonds. The maximum Gasteiger partial charge on any atom is 0.326 e. The van der Waals surface area contributed by atoms with Gasteiger partial charge in [0.1, 0.15) is 6.04 Å². The number of fused-ring (bicyclic) bond motifs is 1. The van der Waals surface area contributed by atoms with Crippen molar-refractivity contribution in [2.24, 2.45) is 11.8 Å². The number of carboxylic acid groups (broad SMARTS) is 1. The summed E-state index contributed by atoms with van der Waals surface area (Å²) < 4.78 is 5.18. The Hall–Kier alpha value is -1.30. The molecule has 0 aromatic carbocycles. The Morgan fingerprint density at radius 2 is 2.05 bits per heavy atom. The van der Waals surface area contributed by atoms with Crippen molar-refractivity contribution in [2.45, 2.75) is 50.3 Å². The number of amides is 2. The number of hydrogen-bond acceptors (Lipinski definition) is 3. The summed E-state index contributed by atoms with van der Waals surface area (Å²) >= 11 is 0. The van der Waals surface area contributed by atoms with Crippen molar-refractivity contribution in [3.63, 3.8) is 0 Å². The van der Waals surface area contributed by atoms with Gasteiger partial charge in [0.15, 0.2) is 0 Å². The number of ether oxygens (including phenoxy) is 1. The molecule has 2 saturated carbocycles. The van der Waals surface area contributed by atoms with Gasteiger partial charge in [-0.2, -0.15) is 0 Å². The Kier molecular flexibility index (Phi) is 3.58. The Bertz CT molecular complexity index is 408. The summed E-state index contributed by atoms with van der Waals surface area (Å²) in [7, 11) is 1.67. The molecule has 0 spiro atoms. The number of methoxy groups -OCH3 is 1. The van der Waals surface area contributed by atoms with Gasteiger partial charge in [0.25, 0.3) is 0 Å². The van der Waals surface area contributed by atoms with Crippen LogP contribution in [0.1, 0.15) is 32.1 Å². The molecule has 3 atom stereocenters. The third-order valence-corrected chi connectivity index (χ3v) is 5.16. The molecule has 0 bridgehead atoms. The number of likely N-dealkylation sites (tertiary alicyclic amines) is 1. The Morgan fingerprint density at radius 3 is 2.70 bits per heavy atom. The van der Waals surface area contributed by atoms with Gasteiger partial charge in [-0.05, 0) is 37.5 Å². The van der Waals surface area contributed by atoms with Gasteiger partial charge in [0.05, 0.1) is 6.10 Å². The highest BCUT2D eigenvalue weighted by Gasteiger charge is 2.50. The van der Waals surface area contributed by atoms with E-state index < -0.39 is 12.0 Å². The zero-order valence-corrected chi connectivity index (χ0v) is 11.7. The molecule has 3 aliphatic rings. The lowest BCUT2D eigenvalue weighted by molar-refractivity contribution is -0.142. The van der Waals surface area contributed by atoms with Crippen molar-refractivity contribution in [3.05, 3.63) is 0 Å². The van der Waals surface area contributed by atoms with Crippen LogP contribution in [0.15, 0.2) is 0 Å². The number of urea groups is 1. The summed E-state index contributed by atoms with van der Waals surface area (Å²) in [4.78, 5) is 25.3. The Morgan fingerprint density at radius 1 is 1.30 bits per heavy atom. The lowest BCUT2D eigenvalue weighted by Gasteiger charge is -2.36. The molecule has 112 valence electrons. The Labute approximate surface area is 118 Å². The molecule has 1 saturated heterocycles. The summed E-state index contributed by atoms with van der Waals surface area (Å²) in [6.45, 7) is 0.591. The number of aliphatic carboxylic acids is 1. The van der Waals surface area contributed by atoms with E-state index in [9.17, 15) is 14.7 Å². The van der Waals surface area contributed by atoms with Gasteiger partial charge in [-0.1, -0.05) is 6.42 Å². The van der Waals surface area contributed by atoms with Crippen molar-refractivity contribution in [3.8, 4) is 0 Å². The molecule has 20 heavy (non-hydrogen) atoms. The summed E-state index contributed by atoms with van der Waals surface area (Å²) in [6, 6.07) is -0.727. The third kappa shape index (κ3) is 2.26. The second-order valence-corrected chi connectivity index (χ2v) is 6.27. The summed E-state index contributed by atoms with van der Waals surface area (Å²) in [5.41, 5.74) is 0. The smallest absolute Gasteiger partial charge is 0.326 e. The fourth-order valence-electron chi connectivity index (χ4n) is 3.96. The first kappa shape index (κ1) is 13.7. The molecule has 0 aromatic rings. The first-order valence-corrected chi connectivity index (χ1v) is 7.43. The quantitative estimate of drug-likeness (QED) is 0.811. The van der Waals surface area contributed by atoms with Crippen LogP contribution < -0.4 is 5.32 Å². The molecule has 3 unspecified atom stereocenters. The molecule has 3 fully saturated rings. The summed E-state index contributed by atoms with van der Waals surface area (Å²) in [5.74, 6) is -0.348. The normalized spacial score (nSPS) is 39.2. The van der Waals surface area contributed by atoms with Crippen LogP contribution in [0, 0.1) is 11.8 Å². The average molecular weight is 282 g/mol. The van der Waals surface area contributed by atoms with E-state index in [-0.39, 0.29) is 24.1 Å². The first-order chi connectivity index (χ1) is 9.60. The minimum atomic E-state index is -0.863. The molecule has 6 heteroatoms. The molecule has 0 radical (unpaired) electrons. The molecular weight excluding hydrogens is 260 g/mol. The van der Waals surface area contributed by atoms with E-state index in [0.717, 1.165) is 32.1 Å². The molecule has 1 heterocycles. The molecule has 1 aliphatic heterocycles. The van der Waals surface area contributed by atoms with Crippen molar-refractivity contribution in [2.75, 3.05) is 13.7 Å². The predicted octanol–water partition coefficient (Wildman–Crippen LogP) is 1.06. The van der Waals surface area contributed by atoms with Gasteiger partial charge >= 0.3 is 12.0 Å². The monoisotopic (exact) mass is 282 g/mol. The number of nitrogens with one attached hydrogen (secondary N) is 1. The van der Waals surface area contributed by atoms with Crippen LogP contribution in [0.2, 0.25) is 0 Å². The number of carbonyl (C=O) groups excluding carboxylic acids is 1. The predicted molar refractivity (Wildman–Crippen MR) is 71.3 cm³/mol. The fourth-order valence-corrected chi connectivity index (χ4v) is 3.96. The van der Waals surface area contributed by atoms with E-state index in [4.69, 9.17) is 4.74 Å². The maximum atomic E-state index is 12.3. The maximum absolute atomic E-state index is 12.3. The number of carbonyl (C=O) groups is 2. The van der Waals surface area contributed by atoms with Crippen molar-refractivity contribution < 1.29 is 19.4 Å². The van der Waals surface area contributed by atoms with Gasteiger partial charge < -0.3 is 20.1 Å². The number of nitrogens with zero attached hydrogens (tertiary/aromatic N) is 1.